The molecule has 94 valence electrons. The first kappa shape index (κ1) is 12.7. The van der Waals surface area contributed by atoms with Crippen LogP contribution in [0.4, 0.5) is 0 Å². The highest BCUT2D eigenvalue weighted by molar-refractivity contribution is 7.99. The average molecular weight is 252 g/mol. The van der Waals surface area contributed by atoms with Crippen molar-refractivity contribution in [3.8, 4) is 0 Å². The summed E-state index contributed by atoms with van der Waals surface area (Å²) >= 11 is 1.92. The van der Waals surface area contributed by atoms with E-state index in [2.05, 4.69) is 9.97 Å². The van der Waals surface area contributed by atoms with Gasteiger partial charge in [-0.15, -0.1) is 0 Å². The molecule has 17 heavy (non-hydrogen) atoms. The lowest BCUT2D eigenvalue weighted by molar-refractivity contribution is 0.653. The Morgan fingerprint density at radius 2 is 2.18 bits per heavy atom. The van der Waals surface area contributed by atoms with Crippen molar-refractivity contribution in [3.63, 3.8) is 0 Å². The van der Waals surface area contributed by atoms with Gasteiger partial charge in [-0.25, -0.2) is 4.98 Å². The monoisotopic (exact) mass is 252 g/mol. The van der Waals surface area contributed by atoms with Crippen molar-refractivity contribution in [1.29, 1.82) is 0 Å². The maximum absolute atomic E-state index is 12.0. The summed E-state index contributed by atoms with van der Waals surface area (Å²) in [4.78, 5) is 19.6. The molecule has 1 aromatic rings. The van der Waals surface area contributed by atoms with E-state index in [4.69, 9.17) is 0 Å². The van der Waals surface area contributed by atoms with Crippen molar-refractivity contribution in [3.05, 3.63) is 27.4 Å². The molecule has 0 amide bonds. The second kappa shape index (κ2) is 5.25. The van der Waals surface area contributed by atoms with E-state index in [-0.39, 0.29) is 11.5 Å². The highest BCUT2D eigenvalue weighted by Gasteiger charge is 2.20. The number of nitrogens with zero attached hydrogens (tertiary/aromatic N) is 1. The van der Waals surface area contributed by atoms with Crippen LogP contribution in [0.5, 0.6) is 0 Å². The molecule has 1 aliphatic heterocycles. The van der Waals surface area contributed by atoms with Gasteiger partial charge in [-0.05, 0) is 31.4 Å². The van der Waals surface area contributed by atoms with Gasteiger partial charge in [0, 0.05) is 11.3 Å². The SMILES string of the molecule is Cc1nc(C2CCCCS2)[nH]c(=O)c1C(C)C. The molecule has 1 atom stereocenters. The summed E-state index contributed by atoms with van der Waals surface area (Å²) in [5, 5.41) is 0.386. The zero-order valence-electron chi connectivity index (χ0n) is 10.7. The number of thioether (sulfide) groups is 1. The zero-order valence-corrected chi connectivity index (χ0v) is 11.6. The molecule has 4 heteroatoms. The first-order chi connectivity index (χ1) is 8.09. The Morgan fingerprint density at radius 3 is 2.71 bits per heavy atom. The third kappa shape index (κ3) is 2.73. The van der Waals surface area contributed by atoms with Crippen molar-refractivity contribution < 1.29 is 0 Å². The molecular weight excluding hydrogens is 232 g/mol. The Balaban J connectivity index is 2.34. The van der Waals surface area contributed by atoms with E-state index < -0.39 is 0 Å². The van der Waals surface area contributed by atoms with Crippen LogP contribution in [0.15, 0.2) is 4.79 Å². The summed E-state index contributed by atoms with van der Waals surface area (Å²) in [6, 6.07) is 0. The molecule has 0 radical (unpaired) electrons. The zero-order chi connectivity index (χ0) is 12.4. The smallest absolute Gasteiger partial charge is 0.254 e. The quantitative estimate of drug-likeness (QED) is 0.879. The molecule has 1 saturated heterocycles. The number of hydrogen-bond donors (Lipinski definition) is 1. The average Bonchev–Trinajstić information content (AvgIpc) is 2.28. The number of H-pyrrole nitrogens is 1. The fourth-order valence-electron chi connectivity index (χ4n) is 2.41. The third-order valence-electron chi connectivity index (χ3n) is 3.23. The summed E-state index contributed by atoms with van der Waals surface area (Å²) in [5.41, 5.74) is 1.77. The number of aromatic amines is 1. The minimum Gasteiger partial charge on any atom is -0.309 e. The van der Waals surface area contributed by atoms with E-state index in [1.165, 1.54) is 18.6 Å². The van der Waals surface area contributed by atoms with Crippen LogP contribution < -0.4 is 5.56 Å². The van der Waals surface area contributed by atoms with Gasteiger partial charge in [-0.3, -0.25) is 4.79 Å². The second-order valence-electron chi connectivity index (χ2n) is 4.96. The van der Waals surface area contributed by atoms with Crippen molar-refractivity contribution in [2.75, 3.05) is 5.75 Å². The van der Waals surface area contributed by atoms with Gasteiger partial charge in [-0.2, -0.15) is 11.8 Å². The second-order valence-corrected chi connectivity index (χ2v) is 6.27. The summed E-state index contributed by atoms with van der Waals surface area (Å²) in [6.45, 7) is 6.02. The van der Waals surface area contributed by atoms with Gasteiger partial charge in [0.25, 0.3) is 5.56 Å². The topological polar surface area (TPSA) is 45.8 Å². The standard InChI is InChI=1S/C13H20N2OS/c1-8(2)11-9(3)14-12(15-13(11)16)10-6-4-5-7-17-10/h8,10H,4-7H2,1-3H3,(H,14,15,16). The lowest BCUT2D eigenvalue weighted by Gasteiger charge is -2.21. The van der Waals surface area contributed by atoms with E-state index in [1.54, 1.807) is 0 Å². The molecule has 2 rings (SSSR count). The molecular formula is C13H20N2OS. The summed E-state index contributed by atoms with van der Waals surface area (Å²) in [5.74, 6) is 2.29. The van der Waals surface area contributed by atoms with E-state index >= 15 is 0 Å². The first-order valence-corrected chi connectivity index (χ1v) is 7.36. The van der Waals surface area contributed by atoms with Gasteiger partial charge in [0.05, 0.1) is 5.25 Å². The molecule has 3 nitrogen and oxygen atoms in total. The normalized spacial score (nSPS) is 20.8. The van der Waals surface area contributed by atoms with Gasteiger partial charge in [0.15, 0.2) is 0 Å². The predicted octanol–water partition coefficient (Wildman–Crippen LogP) is 3.16. The van der Waals surface area contributed by atoms with Crippen molar-refractivity contribution in [1.82, 2.24) is 9.97 Å². The third-order valence-corrected chi connectivity index (χ3v) is 4.61. The largest absolute Gasteiger partial charge is 0.309 e. The van der Waals surface area contributed by atoms with Crippen LogP contribution in [0.25, 0.3) is 0 Å². The lowest BCUT2D eigenvalue weighted by Crippen LogP contribution is -2.21. The number of aromatic nitrogens is 2. The fraction of sp³-hybridized carbons (Fsp3) is 0.692. The van der Waals surface area contributed by atoms with Crippen LogP contribution in [-0.4, -0.2) is 15.7 Å². The van der Waals surface area contributed by atoms with Crippen LogP contribution in [0.2, 0.25) is 0 Å². The molecule has 0 spiro atoms. The van der Waals surface area contributed by atoms with E-state index in [0.717, 1.165) is 23.5 Å². The predicted molar refractivity (Wildman–Crippen MR) is 72.7 cm³/mol. The minimum atomic E-state index is 0.0497. The summed E-state index contributed by atoms with van der Waals surface area (Å²) in [6.07, 6.45) is 3.66. The molecule has 1 aromatic heterocycles. The van der Waals surface area contributed by atoms with Crippen LogP contribution in [0.1, 0.15) is 61.4 Å². The Bertz CT molecular complexity index is 447. The number of aryl methyl sites for hydroxylation is 1. The maximum Gasteiger partial charge on any atom is 0.254 e. The molecule has 2 heterocycles. The van der Waals surface area contributed by atoms with Crippen molar-refractivity contribution in [2.24, 2.45) is 0 Å². The summed E-state index contributed by atoms with van der Waals surface area (Å²) < 4.78 is 0. The fourth-order valence-corrected chi connectivity index (χ4v) is 3.66. The Morgan fingerprint density at radius 1 is 1.41 bits per heavy atom. The molecule has 0 aromatic carbocycles. The Hall–Kier alpha value is -0.770. The molecule has 1 fully saturated rings. The Kier molecular flexibility index (Phi) is 3.92. The van der Waals surface area contributed by atoms with Gasteiger partial charge in [-0.1, -0.05) is 20.3 Å². The number of rotatable bonds is 2. The minimum absolute atomic E-state index is 0.0497. The number of hydrogen-bond acceptors (Lipinski definition) is 3. The Labute approximate surface area is 106 Å². The highest BCUT2D eigenvalue weighted by atomic mass is 32.2. The van der Waals surface area contributed by atoms with Crippen LogP contribution in [-0.2, 0) is 0 Å². The van der Waals surface area contributed by atoms with Crippen molar-refractivity contribution >= 4 is 11.8 Å². The molecule has 0 saturated carbocycles. The highest BCUT2D eigenvalue weighted by Crippen LogP contribution is 2.36. The molecule has 1 N–H and O–H groups in total. The molecule has 1 aliphatic rings. The summed E-state index contributed by atoms with van der Waals surface area (Å²) in [7, 11) is 0. The van der Waals surface area contributed by atoms with Crippen LogP contribution in [0.3, 0.4) is 0 Å². The van der Waals surface area contributed by atoms with Gasteiger partial charge < -0.3 is 4.98 Å². The van der Waals surface area contributed by atoms with Gasteiger partial charge >= 0.3 is 0 Å². The maximum atomic E-state index is 12.0. The number of nitrogens with one attached hydrogen (secondary N) is 1. The van der Waals surface area contributed by atoms with E-state index in [0.29, 0.717) is 5.25 Å². The van der Waals surface area contributed by atoms with E-state index in [1.807, 2.05) is 32.5 Å². The molecule has 0 aliphatic carbocycles. The van der Waals surface area contributed by atoms with Gasteiger partial charge in [0.2, 0.25) is 0 Å². The van der Waals surface area contributed by atoms with E-state index in [9.17, 15) is 4.79 Å². The molecule has 1 unspecified atom stereocenters. The lowest BCUT2D eigenvalue weighted by atomic mass is 10.0. The van der Waals surface area contributed by atoms with Crippen molar-refractivity contribution in [2.45, 2.75) is 51.2 Å². The van der Waals surface area contributed by atoms with Gasteiger partial charge in [0.1, 0.15) is 5.82 Å². The first-order valence-electron chi connectivity index (χ1n) is 6.32. The van der Waals surface area contributed by atoms with Crippen LogP contribution in [0, 0.1) is 6.92 Å². The molecule has 0 bridgehead atoms. The van der Waals surface area contributed by atoms with Crippen LogP contribution >= 0.6 is 11.8 Å².